The topological polar surface area (TPSA) is 83.8 Å². The molecule has 0 saturated carbocycles. The number of hydrogen-bond donors (Lipinski definition) is 2. The summed E-state index contributed by atoms with van der Waals surface area (Å²) in [6, 6.07) is 12.6. The molecule has 0 amide bonds. The summed E-state index contributed by atoms with van der Waals surface area (Å²) in [7, 11) is -4.50. The molecule has 6 heteroatoms. The third-order valence-corrected chi connectivity index (χ3v) is 4.97. The largest absolute Gasteiger partial charge is 0.394 e. The zero-order valence-electron chi connectivity index (χ0n) is 11.7. The van der Waals surface area contributed by atoms with Crippen LogP contribution in [0.15, 0.2) is 42.5 Å². The van der Waals surface area contributed by atoms with Crippen LogP contribution in [0.5, 0.6) is 0 Å². The van der Waals surface area contributed by atoms with Gasteiger partial charge in [-0.05, 0) is 23.3 Å². The van der Waals surface area contributed by atoms with Crippen LogP contribution < -0.4 is 0 Å². The number of fused-ring (bicyclic) bond motifs is 1. The van der Waals surface area contributed by atoms with E-state index in [1.54, 1.807) is 25.1 Å². The average molecular weight is 310 g/mol. The minimum Gasteiger partial charge on any atom is -0.394 e. The van der Waals surface area contributed by atoms with E-state index in [9.17, 15) is 13.0 Å². The van der Waals surface area contributed by atoms with Gasteiger partial charge in [-0.15, -0.1) is 0 Å². The van der Waals surface area contributed by atoms with E-state index in [1.807, 2.05) is 24.3 Å². The molecule has 0 bridgehead atoms. The van der Waals surface area contributed by atoms with Gasteiger partial charge in [-0.1, -0.05) is 43.3 Å². The molecular formula is C15H18O5S. The summed E-state index contributed by atoms with van der Waals surface area (Å²) in [6.45, 7) is 1.10. The number of aliphatic hydroxyl groups excluding tert-OH is 1. The summed E-state index contributed by atoms with van der Waals surface area (Å²) in [5.41, 5.74) is 0.347. The highest BCUT2D eigenvalue weighted by Gasteiger charge is 2.44. The molecule has 2 rings (SSSR count). The molecule has 0 aromatic heterocycles. The average Bonchev–Trinajstić information content (AvgIpc) is 2.47. The van der Waals surface area contributed by atoms with Crippen LogP contribution in [0.1, 0.15) is 18.9 Å². The Morgan fingerprint density at radius 2 is 1.81 bits per heavy atom. The van der Waals surface area contributed by atoms with Crippen LogP contribution in [-0.2, 0) is 19.8 Å². The van der Waals surface area contributed by atoms with Crippen LogP contribution in [-0.4, -0.2) is 31.3 Å². The highest BCUT2D eigenvalue weighted by Crippen LogP contribution is 2.36. The van der Waals surface area contributed by atoms with E-state index < -0.39 is 15.1 Å². The lowest BCUT2D eigenvalue weighted by Crippen LogP contribution is -2.38. The summed E-state index contributed by atoms with van der Waals surface area (Å²) >= 11 is 0. The van der Waals surface area contributed by atoms with Crippen molar-refractivity contribution in [2.75, 3.05) is 13.2 Å². The number of rotatable bonds is 6. The van der Waals surface area contributed by atoms with Gasteiger partial charge in [0, 0.05) is 5.56 Å². The fourth-order valence-corrected chi connectivity index (χ4v) is 3.45. The first-order valence-corrected chi connectivity index (χ1v) is 8.10. The van der Waals surface area contributed by atoms with Gasteiger partial charge < -0.3 is 9.84 Å². The van der Waals surface area contributed by atoms with Gasteiger partial charge in [-0.3, -0.25) is 4.55 Å². The predicted molar refractivity (Wildman–Crippen MR) is 80.5 cm³/mol. The summed E-state index contributed by atoms with van der Waals surface area (Å²) < 4.78 is 38.7. The van der Waals surface area contributed by atoms with Crippen molar-refractivity contribution in [2.24, 2.45) is 0 Å². The van der Waals surface area contributed by atoms with E-state index in [0.29, 0.717) is 5.56 Å². The van der Waals surface area contributed by atoms with Crippen molar-refractivity contribution in [1.82, 2.24) is 0 Å². The van der Waals surface area contributed by atoms with E-state index in [2.05, 4.69) is 0 Å². The van der Waals surface area contributed by atoms with Crippen molar-refractivity contribution < 1.29 is 22.8 Å². The highest BCUT2D eigenvalue weighted by atomic mass is 32.2. The van der Waals surface area contributed by atoms with Gasteiger partial charge in [0.25, 0.3) is 10.1 Å². The predicted octanol–water partition coefficient (Wildman–Crippen LogP) is 2.30. The van der Waals surface area contributed by atoms with Gasteiger partial charge >= 0.3 is 0 Å². The number of benzene rings is 2. The molecule has 2 aromatic rings. The van der Waals surface area contributed by atoms with Crippen molar-refractivity contribution in [2.45, 2.75) is 18.3 Å². The lowest BCUT2D eigenvalue weighted by molar-refractivity contribution is -0.0122. The zero-order valence-corrected chi connectivity index (χ0v) is 12.5. The molecule has 0 heterocycles. The third kappa shape index (κ3) is 2.94. The Bertz CT molecular complexity index is 726. The molecule has 114 valence electrons. The van der Waals surface area contributed by atoms with Crippen LogP contribution in [0.25, 0.3) is 10.8 Å². The molecular weight excluding hydrogens is 292 g/mol. The molecule has 1 unspecified atom stereocenters. The molecule has 1 atom stereocenters. The molecule has 0 spiro atoms. The van der Waals surface area contributed by atoms with Crippen molar-refractivity contribution in [1.29, 1.82) is 0 Å². The van der Waals surface area contributed by atoms with Crippen LogP contribution in [0, 0.1) is 0 Å². The Morgan fingerprint density at radius 3 is 2.38 bits per heavy atom. The van der Waals surface area contributed by atoms with Crippen molar-refractivity contribution in [3.8, 4) is 0 Å². The van der Waals surface area contributed by atoms with Gasteiger partial charge in [0.05, 0.1) is 13.2 Å². The molecule has 0 fully saturated rings. The summed E-state index contributed by atoms with van der Waals surface area (Å²) in [5, 5.41) is 10.7. The van der Waals surface area contributed by atoms with E-state index in [1.165, 1.54) is 0 Å². The molecule has 0 aliphatic carbocycles. The second-order valence-electron chi connectivity index (χ2n) is 4.72. The maximum absolute atomic E-state index is 11.9. The molecule has 0 radical (unpaired) electrons. The molecule has 2 N–H and O–H groups in total. The number of ether oxygens (including phenoxy) is 1. The molecule has 2 aromatic carbocycles. The summed E-state index contributed by atoms with van der Waals surface area (Å²) in [5.74, 6) is 0. The molecule has 21 heavy (non-hydrogen) atoms. The maximum atomic E-state index is 11.9. The van der Waals surface area contributed by atoms with E-state index in [0.717, 1.165) is 10.8 Å². The Hall–Kier alpha value is -1.47. The standard InChI is InChI=1S/C15H18O5S/c1-2-15(20-10-9-16,21(17,18)19)14-8-7-12-5-3-4-6-13(12)11-14/h3-8,11,16H,2,9-10H2,1H3,(H,17,18,19). The fourth-order valence-electron chi connectivity index (χ4n) is 2.43. The highest BCUT2D eigenvalue weighted by molar-refractivity contribution is 7.86. The monoisotopic (exact) mass is 310 g/mol. The maximum Gasteiger partial charge on any atom is 0.299 e. The molecule has 0 saturated heterocycles. The summed E-state index contributed by atoms with van der Waals surface area (Å²) in [4.78, 5) is -1.86. The zero-order chi connectivity index (χ0) is 15.5. The molecule has 0 aliphatic rings. The van der Waals surface area contributed by atoms with Crippen molar-refractivity contribution in [3.05, 3.63) is 48.0 Å². The number of aliphatic hydroxyl groups is 1. The Kier molecular flexibility index (Phi) is 4.63. The second kappa shape index (κ2) is 6.11. The van der Waals surface area contributed by atoms with Crippen LogP contribution >= 0.6 is 0 Å². The Balaban J connectivity index is 2.62. The van der Waals surface area contributed by atoms with E-state index in [4.69, 9.17) is 9.84 Å². The minimum absolute atomic E-state index is 0.0319. The first kappa shape index (κ1) is 15.9. The van der Waals surface area contributed by atoms with E-state index in [-0.39, 0.29) is 19.6 Å². The lowest BCUT2D eigenvalue weighted by atomic mass is 10.0. The van der Waals surface area contributed by atoms with Crippen LogP contribution in [0.3, 0.4) is 0 Å². The van der Waals surface area contributed by atoms with Gasteiger partial charge in [0.2, 0.25) is 4.93 Å². The summed E-state index contributed by atoms with van der Waals surface area (Å²) in [6.07, 6.45) is 0.0319. The van der Waals surface area contributed by atoms with Crippen molar-refractivity contribution in [3.63, 3.8) is 0 Å². The van der Waals surface area contributed by atoms with Gasteiger partial charge in [-0.2, -0.15) is 8.42 Å². The van der Waals surface area contributed by atoms with Gasteiger partial charge in [0.15, 0.2) is 0 Å². The normalized spacial score (nSPS) is 15.0. The third-order valence-electron chi connectivity index (χ3n) is 3.50. The van der Waals surface area contributed by atoms with Crippen LogP contribution in [0.4, 0.5) is 0 Å². The quantitative estimate of drug-likeness (QED) is 0.800. The molecule has 5 nitrogen and oxygen atoms in total. The first-order valence-electron chi connectivity index (χ1n) is 6.66. The number of hydrogen-bond acceptors (Lipinski definition) is 4. The second-order valence-corrected chi connectivity index (χ2v) is 6.33. The van der Waals surface area contributed by atoms with Crippen molar-refractivity contribution >= 4 is 20.9 Å². The van der Waals surface area contributed by atoms with Gasteiger partial charge in [-0.25, -0.2) is 0 Å². The van der Waals surface area contributed by atoms with Crippen LogP contribution in [0.2, 0.25) is 0 Å². The van der Waals surface area contributed by atoms with Gasteiger partial charge in [0.1, 0.15) is 0 Å². The fraction of sp³-hybridized carbons (Fsp3) is 0.333. The minimum atomic E-state index is -4.50. The Morgan fingerprint density at radius 1 is 1.14 bits per heavy atom. The smallest absolute Gasteiger partial charge is 0.299 e. The molecule has 0 aliphatic heterocycles. The first-order chi connectivity index (χ1) is 9.94. The lowest BCUT2D eigenvalue weighted by Gasteiger charge is -2.30. The van der Waals surface area contributed by atoms with E-state index >= 15 is 0 Å². The Labute approximate surface area is 123 Å². The SMILES string of the molecule is CCC(OCCO)(c1ccc2ccccc2c1)S(=O)(=O)O.